The van der Waals surface area contributed by atoms with Gasteiger partial charge in [-0.1, -0.05) is 11.6 Å². The maximum atomic E-state index is 6.16. The fourth-order valence-corrected chi connectivity index (χ4v) is 2.51. The summed E-state index contributed by atoms with van der Waals surface area (Å²) in [6, 6.07) is 1.74. The highest BCUT2D eigenvalue weighted by Gasteiger charge is 2.16. The molecule has 3 aromatic heterocycles. The Morgan fingerprint density at radius 3 is 2.48 bits per heavy atom. The second-order valence-corrected chi connectivity index (χ2v) is 5.36. The van der Waals surface area contributed by atoms with Gasteiger partial charge in [-0.3, -0.25) is 9.36 Å². The standard InChI is InChI=1S/C14H15ClN6/c1-8-13(9(2)21(4)19-8)14-17-11(5-12(15)18-14)10-6-16-20(3)7-10/h5-7H,1-4H3. The summed E-state index contributed by atoms with van der Waals surface area (Å²) in [7, 11) is 3.76. The van der Waals surface area contributed by atoms with Crippen molar-refractivity contribution in [2.24, 2.45) is 14.1 Å². The zero-order valence-corrected chi connectivity index (χ0v) is 13.0. The van der Waals surface area contributed by atoms with Crippen molar-refractivity contribution in [3.63, 3.8) is 0 Å². The van der Waals surface area contributed by atoms with E-state index in [4.69, 9.17) is 11.6 Å². The highest BCUT2D eigenvalue weighted by atomic mass is 35.5. The molecule has 3 aromatic rings. The molecule has 0 fully saturated rings. The van der Waals surface area contributed by atoms with E-state index in [1.165, 1.54) is 0 Å². The van der Waals surface area contributed by atoms with Crippen molar-refractivity contribution in [1.82, 2.24) is 29.5 Å². The number of aryl methyl sites for hydroxylation is 3. The zero-order chi connectivity index (χ0) is 15.1. The molecule has 0 atom stereocenters. The van der Waals surface area contributed by atoms with Crippen molar-refractivity contribution in [1.29, 1.82) is 0 Å². The summed E-state index contributed by atoms with van der Waals surface area (Å²) in [5.74, 6) is 0.587. The second-order valence-electron chi connectivity index (χ2n) is 4.97. The SMILES string of the molecule is Cc1nn(C)c(C)c1-c1nc(Cl)cc(-c2cnn(C)c2)n1. The molecular weight excluding hydrogens is 288 g/mol. The Hall–Kier alpha value is -2.21. The van der Waals surface area contributed by atoms with Crippen LogP contribution in [0.4, 0.5) is 0 Å². The van der Waals surface area contributed by atoms with Gasteiger partial charge in [0.05, 0.1) is 23.1 Å². The smallest absolute Gasteiger partial charge is 0.165 e. The molecule has 0 bridgehead atoms. The van der Waals surface area contributed by atoms with Gasteiger partial charge in [0.2, 0.25) is 0 Å². The van der Waals surface area contributed by atoms with Crippen LogP contribution in [0.15, 0.2) is 18.5 Å². The molecule has 0 unspecified atom stereocenters. The summed E-state index contributed by atoms with van der Waals surface area (Å²) in [5, 5.41) is 8.97. The highest BCUT2D eigenvalue weighted by molar-refractivity contribution is 6.29. The van der Waals surface area contributed by atoms with Crippen molar-refractivity contribution >= 4 is 11.6 Å². The van der Waals surface area contributed by atoms with Gasteiger partial charge >= 0.3 is 0 Å². The van der Waals surface area contributed by atoms with Gasteiger partial charge in [0, 0.05) is 37.6 Å². The molecule has 6 nitrogen and oxygen atoms in total. The summed E-state index contributed by atoms with van der Waals surface area (Å²) < 4.78 is 3.55. The lowest BCUT2D eigenvalue weighted by Gasteiger charge is -2.04. The van der Waals surface area contributed by atoms with Crippen LogP contribution in [0, 0.1) is 13.8 Å². The van der Waals surface area contributed by atoms with Crippen LogP contribution in [0.25, 0.3) is 22.6 Å². The minimum absolute atomic E-state index is 0.404. The highest BCUT2D eigenvalue weighted by Crippen LogP contribution is 2.27. The number of rotatable bonds is 2. The average molecular weight is 303 g/mol. The lowest BCUT2D eigenvalue weighted by molar-refractivity contribution is 0.731. The predicted molar refractivity (Wildman–Crippen MR) is 80.9 cm³/mol. The van der Waals surface area contributed by atoms with Gasteiger partial charge in [-0.25, -0.2) is 9.97 Å². The number of nitrogens with zero attached hydrogens (tertiary/aromatic N) is 6. The van der Waals surface area contributed by atoms with Gasteiger partial charge in [-0.15, -0.1) is 0 Å². The molecule has 0 aliphatic rings. The van der Waals surface area contributed by atoms with Gasteiger partial charge in [-0.05, 0) is 13.8 Å². The first-order chi connectivity index (χ1) is 9.95. The molecule has 0 spiro atoms. The van der Waals surface area contributed by atoms with Crippen molar-refractivity contribution in [2.45, 2.75) is 13.8 Å². The molecule has 3 rings (SSSR count). The van der Waals surface area contributed by atoms with E-state index in [9.17, 15) is 0 Å². The van der Waals surface area contributed by atoms with Crippen LogP contribution < -0.4 is 0 Å². The lowest BCUT2D eigenvalue weighted by Crippen LogP contribution is -1.96. The summed E-state index contributed by atoms with van der Waals surface area (Å²) in [5.41, 5.74) is 4.47. The van der Waals surface area contributed by atoms with Crippen LogP contribution in [0.2, 0.25) is 5.15 Å². The van der Waals surface area contributed by atoms with E-state index in [1.54, 1.807) is 16.9 Å². The first-order valence-corrected chi connectivity index (χ1v) is 6.87. The van der Waals surface area contributed by atoms with Gasteiger partial charge in [0.25, 0.3) is 0 Å². The Kier molecular flexibility index (Phi) is 3.25. The molecule has 0 aliphatic heterocycles. The van der Waals surface area contributed by atoms with Gasteiger partial charge in [0.15, 0.2) is 5.82 Å². The first kappa shape index (κ1) is 13.8. The molecule has 0 amide bonds. The summed E-state index contributed by atoms with van der Waals surface area (Å²) in [6.07, 6.45) is 3.65. The Balaban J connectivity index is 2.18. The minimum atomic E-state index is 0.404. The second kappa shape index (κ2) is 4.96. The number of halogens is 1. The molecule has 0 radical (unpaired) electrons. The maximum Gasteiger partial charge on any atom is 0.165 e. The van der Waals surface area contributed by atoms with Gasteiger partial charge in [-0.2, -0.15) is 10.2 Å². The lowest BCUT2D eigenvalue weighted by atomic mass is 10.1. The molecule has 0 aliphatic carbocycles. The zero-order valence-electron chi connectivity index (χ0n) is 12.3. The van der Waals surface area contributed by atoms with E-state index in [0.29, 0.717) is 11.0 Å². The van der Waals surface area contributed by atoms with Crippen LogP contribution in [0.1, 0.15) is 11.4 Å². The van der Waals surface area contributed by atoms with Crippen LogP contribution >= 0.6 is 11.6 Å². The fraction of sp³-hybridized carbons (Fsp3) is 0.286. The van der Waals surface area contributed by atoms with Crippen molar-refractivity contribution in [3.05, 3.63) is 35.0 Å². The third-order valence-corrected chi connectivity index (χ3v) is 3.62. The van der Waals surface area contributed by atoms with Crippen molar-refractivity contribution in [2.75, 3.05) is 0 Å². The minimum Gasteiger partial charge on any atom is -0.275 e. The van der Waals surface area contributed by atoms with E-state index >= 15 is 0 Å². The predicted octanol–water partition coefficient (Wildman–Crippen LogP) is 2.55. The Morgan fingerprint density at radius 2 is 1.90 bits per heavy atom. The monoisotopic (exact) mass is 302 g/mol. The van der Waals surface area contributed by atoms with Crippen molar-refractivity contribution in [3.8, 4) is 22.6 Å². The van der Waals surface area contributed by atoms with E-state index < -0.39 is 0 Å². The molecule has 0 N–H and O–H groups in total. The third-order valence-electron chi connectivity index (χ3n) is 3.43. The third kappa shape index (κ3) is 2.42. The largest absolute Gasteiger partial charge is 0.275 e. The maximum absolute atomic E-state index is 6.16. The van der Waals surface area contributed by atoms with E-state index in [2.05, 4.69) is 20.2 Å². The number of aromatic nitrogens is 6. The molecular formula is C14H15ClN6. The summed E-state index contributed by atoms with van der Waals surface area (Å²) in [6.45, 7) is 3.93. The normalized spacial score (nSPS) is 11.1. The van der Waals surface area contributed by atoms with Gasteiger partial charge in [0.1, 0.15) is 5.15 Å². The van der Waals surface area contributed by atoms with E-state index in [-0.39, 0.29) is 0 Å². The topological polar surface area (TPSA) is 61.4 Å². The Morgan fingerprint density at radius 1 is 1.14 bits per heavy atom. The van der Waals surface area contributed by atoms with Crippen LogP contribution in [0.5, 0.6) is 0 Å². The summed E-state index contributed by atoms with van der Waals surface area (Å²) >= 11 is 6.16. The number of hydrogen-bond acceptors (Lipinski definition) is 4. The molecule has 0 saturated carbocycles. The average Bonchev–Trinajstić information content (AvgIpc) is 2.94. The van der Waals surface area contributed by atoms with E-state index in [0.717, 1.165) is 28.2 Å². The quantitative estimate of drug-likeness (QED) is 0.683. The molecule has 7 heteroatoms. The molecule has 21 heavy (non-hydrogen) atoms. The first-order valence-electron chi connectivity index (χ1n) is 6.50. The molecule has 0 aromatic carbocycles. The molecule has 3 heterocycles. The van der Waals surface area contributed by atoms with Crippen molar-refractivity contribution < 1.29 is 0 Å². The molecule has 108 valence electrons. The van der Waals surface area contributed by atoms with Crippen LogP contribution in [0.3, 0.4) is 0 Å². The van der Waals surface area contributed by atoms with Gasteiger partial charge < -0.3 is 0 Å². The molecule has 0 saturated heterocycles. The number of hydrogen-bond donors (Lipinski definition) is 0. The van der Waals surface area contributed by atoms with Crippen LogP contribution in [-0.4, -0.2) is 29.5 Å². The fourth-order valence-electron chi connectivity index (χ4n) is 2.33. The Bertz CT molecular complexity index is 817. The summed E-state index contributed by atoms with van der Waals surface area (Å²) in [4.78, 5) is 8.97. The van der Waals surface area contributed by atoms with Crippen LogP contribution in [-0.2, 0) is 14.1 Å². The van der Waals surface area contributed by atoms with E-state index in [1.807, 2.05) is 38.8 Å². The Labute approximate surface area is 127 Å².